The topological polar surface area (TPSA) is 76.4 Å². The van der Waals surface area contributed by atoms with Crippen molar-refractivity contribution in [3.8, 4) is 0 Å². The highest BCUT2D eigenvalue weighted by Gasteiger charge is 2.57. The van der Waals surface area contributed by atoms with Crippen LogP contribution in [0, 0.1) is 17.2 Å². The molecule has 4 saturated carbocycles. The Morgan fingerprint density at radius 3 is 2.68 bits per heavy atom. The molecule has 4 bridgehead atoms. The maximum absolute atomic E-state index is 12.5. The Morgan fingerprint density at radius 2 is 2.05 bits per heavy atom. The van der Waals surface area contributed by atoms with Crippen LogP contribution in [0.3, 0.4) is 0 Å². The van der Waals surface area contributed by atoms with Crippen molar-refractivity contribution in [1.29, 1.82) is 5.41 Å². The molecular weight excluding hydrogens is 278 g/mol. The van der Waals surface area contributed by atoms with E-state index in [2.05, 4.69) is 5.32 Å². The Hall–Kier alpha value is -0.940. The normalized spacial score (nSPS) is 46.2. The SMILES string of the molecule is N=C[C@@H]1CCCN1C(=O)CNC12C[C@@H]3C[C@@H](CC(O)(C3)C1)C2. The number of aliphatic hydroxyl groups is 1. The van der Waals surface area contributed by atoms with Gasteiger partial charge in [-0.1, -0.05) is 0 Å². The van der Waals surface area contributed by atoms with Crippen LogP contribution < -0.4 is 5.32 Å². The number of nitrogens with zero attached hydrogens (tertiary/aromatic N) is 1. The third-order valence-electron chi connectivity index (χ3n) is 6.46. The lowest BCUT2D eigenvalue weighted by atomic mass is 9.51. The van der Waals surface area contributed by atoms with Crippen LogP contribution in [0.1, 0.15) is 51.4 Å². The van der Waals surface area contributed by atoms with Gasteiger partial charge in [0, 0.05) is 18.3 Å². The van der Waals surface area contributed by atoms with Gasteiger partial charge < -0.3 is 20.7 Å². The predicted octanol–water partition coefficient (Wildman–Crippen LogP) is 1.30. The molecule has 5 rings (SSSR count). The largest absolute Gasteiger partial charge is 0.390 e. The first-order chi connectivity index (χ1) is 10.5. The number of carbonyl (C=O) groups is 1. The van der Waals surface area contributed by atoms with Crippen molar-refractivity contribution < 1.29 is 9.90 Å². The minimum Gasteiger partial charge on any atom is -0.390 e. The van der Waals surface area contributed by atoms with Crippen LogP contribution in [-0.2, 0) is 4.79 Å². The molecule has 2 unspecified atom stereocenters. The first-order valence-corrected chi connectivity index (χ1v) is 8.78. The third-order valence-corrected chi connectivity index (χ3v) is 6.46. The number of nitrogens with one attached hydrogen (secondary N) is 2. The van der Waals surface area contributed by atoms with E-state index in [1.54, 1.807) is 0 Å². The van der Waals surface area contributed by atoms with E-state index in [4.69, 9.17) is 5.41 Å². The van der Waals surface area contributed by atoms with Crippen LogP contribution >= 0.6 is 0 Å². The molecule has 4 aliphatic carbocycles. The molecule has 5 aliphatic rings. The smallest absolute Gasteiger partial charge is 0.237 e. The Bertz CT molecular complexity index is 478. The quantitative estimate of drug-likeness (QED) is 0.685. The summed E-state index contributed by atoms with van der Waals surface area (Å²) in [7, 11) is 0. The minimum atomic E-state index is -0.481. The van der Waals surface area contributed by atoms with Gasteiger partial charge in [0.25, 0.3) is 0 Å². The van der Waals surface area contributed by atoms with Gasteiger partial charge in [0.2, 0.25) is 5.91 Å². The summed E-state index contributed by atoms with van der Waals surface area (Å²) in [5, 5.41) is 21.8. The van der Waals surface area contributed by atoms with Gasteiger partial charge in [0.15, 0.2) is 0 Å². The fourth-order valence-corrected chi connectivity index (χ4v) is 6.06. The molecule has 0 aromatic rings. The molecule has 0 radical (unpaired) electrons. The molecule has 22 heavy (non-hydrogen) atoms. The lowest BCUT2D eigenvalue weighted by Gasteiger charge is -2.60. The molecule has 5 atom stereocenters. The molecule has 0 aromatic heterocycles. The van der Waals surface area contributed by atoms with Crippen molar-refractivity contribution >= 4 is 12.1 Å². The van der Waals surface area contributed by atoms with Gasteiger partial charge in [-0.2, -0.15) is 0 Å². The zero-order valence-electron chi connectivity index (χ0n) is 13.2. The van der Waals surface area contributed by atoms with Gasteiger partial charge >= 0.3 is 0 Å². The molecule has 1 saturated heterocycles. The van der Waals surface area contributed by atoms with Crippen LogP contribution in [0.15, 0.2) is 0 Å². The molecule has 5 heteroatoms. The molecule has 1 amide bonds. The van der Waals surface area contributed by atoms with Crippen molar-refractivity contribution in [3.05, 3.63) is 0 Å². The molecule has 122 valence electrons. The molecule has 5 fully saturated rings. The summed E-state index contributed by atoms with van der Waals surface area (Å²) in [5.41, 5.74) is -0.500. The monoisotopic (exact) mass is 305 g/mol. The zero-order chi connectivity index (χ0) is 15.4. The lowest BCUT2D eigenvalue weighted by Crippen LogP contribution is -2.65. The van der Waals surface area contributed by atoms with E-state index in [1.165, 1.54) is 12.6 Å². The molecule has 5 nitrogen and oxygen atoms in total. The highest BCUT2D eigenvalue weighted by atomic mass is 16.3. The van der Waals surface area contributed by atoms with Crippen LogP contribution in [0.2, 0.25) is 0 Å². The van der Waals surface area contributed by atoms with Gasteiger partial charge in [0.05, 0.1) is 18.2 Å². The zero-order valence-corrected chi connectivity index (χ0v) is 13.2. The van der Waals surface area contributed by atoms with Gasteiger partial charge in [-0.3, -0.25) is 4.79 Å². The Balaban J connectivity index is 1.41. The maximum Gasteiger partial charge on any atom is 0.237 e. The molecule has 0 aromatic carbocycles. The summed E-state index contributed by atoms with van der Waals surface area (Å²) in [6.07, 6.45) is 9.56. The predicted molar refractivity (Wildman–Crippen MR) is 83.9 cm³/mol. The standard InChI is InChI=1S/C17H27N3O2/c18-9-14-2-1-3-20(14)15(21)10-19-16-5-12-4-13(6-16)8-17(22,7-12)11-16/h9,12-14,18-19,22H,1-8,10-11H2/t12-,13+,14-,16?,17?/m0/s1. The summed E-state index contributed by atoms with van der Waals surface area (Å²) in [6.45, 7) is 1.14. The van der Waals surface area contributed by atoms with E-state index < -0.39 is 5.60 Å². The lowest BCUT2D eigenvalue weighted by molar-refractivity contribution is -0.147. The van der Waals surface area contributed by atoms with Gasteiger partial charge in [0.1, 0.15) is 0 Å². The number of rotatable bonds is 4. The van der Waals surface area contributed by atoms with Crippen molar-refractivity contribution in [2.75, 3.05) is 13.1 Å². The summed E-state index contributed by atoms with van der Waals surface area (Å²) >= 11 is 0. The summed E-state index contributed by atoms with van der Waals surface area (Å²) in [5.74, 6) is 1.39. The Labute approximate surface area is 132 Å². The van der Waals surface area contributed by atoms with E-state index >= 15 is 0 Å². The van der Waals surface area contributed by atoms with E-state index in [1.807, 2.05) is 4.90 Å². The number of hydrogen-bond donors (Lipinski definition) is 3. The van der Waals surface area contributed by atoms with Crippen molar-refractivity contribution in [3.63, 3.8) is 0 Å². The third kappa shape index (κ3) is 2.38. The summed E-state index contributed by atoms with van der Waals surface area (Å²) < 4.78 is 0. The highest BCUT2D eigenvalue weighted by Crippen LogP contribution is 2.57. The minimum absolute atomic E-state index is 0.00477. The summed E-state index contributed by atoms with van der Waals surface area (Å²) in [6, 6.07) is -0.00477. The van der Waals surface area contributed by atoms with E-state index in [0.717, 1.165) is 51.5 Å². The fourth-order valence-electron chi connectivity index (χ4n) is 6.06. The molecule has 3 N–H and O–H groups in total. The van der Waals surface area contributed by atoms with E-state index in [0.29, 0.717) is 18.4 Å². The molecule has 1 aliphatic heterocycles. The van der Waals surface area contributed by atoms with Crippen molar-refractivity contribution in [1.82, 2.24) is 10.2 Å². The van der Waals surface area contributed by atoms with Crippen molar-refractivity contribution in [2.45, 2.75) is 68.5 Å². The van der Waals surface area contributed by atoms with Gasteiger partial charge in [-0.25, -0.2) is 0 Å². The molecule has 1 heterocycles. The van der Waals surface area contributed by atoms with Crippen molar-refractivity contribution in [2.24, 2.45) is 11.8 Å². The second-order valence-electron chi connectivity index (χ2n) is 8.28. The van der Waals surface area contributed by atoms with Gasteiger partial charge in [-0.05, 0) is 63.2 Å². The second kappa shape index (κ2) is 5.03. The van der Waals surface area contributed by atoms with Gasteiger partial charge in [-0.15, -0.1) is 0 Å². The average Bonchev–Trinajstić information content (AvgIpc) is 2.90. The Kier molecular flexibility index (Phi) is 3.35. The average molecular weight is 305 g/mol. The van der Waals surface area contributed by atoms with E-state index in [-0.39, 0.29) is 17.5 Å². The fraction of sp³-hybridized carbons (Fsp3) is 0.882. The molecular formula is C17H27N3O2. The first kappa shape index (κ1) is 14.6. The second-order valence-corrected chi connectivity index (χ2v) is 8.28. The van der Waals surface area contributed by atoms with Crippen LogP contribution in [0.25, 0.3) is 0 Å². The number of hydrogen-bond acceptors (Lipinski definition) is 4. The van der Waals surface area contributed by atoms with Crippen LogP contribution in [0.5, 0.6) is 0 Å². The van der Waals surface area contributed by atoms with Crippen LogP contribution in [-0.4, -0.2) is 52.4 Å². The first-order valence-electron chi connectivity index (χ1n) is 8.78. The number of likely N-dealkylation sites (tertiary alicyclic amines) is 1. The summed E-state index contributed by atoms with van der Waals surface area (Å²) in [4.78, 5) is 14.3. The van der Waals surface area contributed by atoms with E-state index in [9.17, 15) is 9.90 Å². The molecule has 0 spiro atoms. The van der Waals surface area contributed by atoms with Crippen LogP contribution in [0.4, 0.5) is 0 Å². The highest BCUT2D eigenvalue weighted by molar-refractivity contribution is 5.82. The number of carbonyl (C=O) groups excluding carboxylic acids is 1. The maximum atomic E-state index is 12.5. The Morgan fingerprint density at radius 1 is 1.32 bits per heavy atom. The number of amides is 1.